The van der Waals surface area contributed by atoms with Gasteiger partial charge in [0.05, 0.1) is 25.4 Å². The Morgan fingerprint density at radius 2 is 0.654 bits per heavy atom. The molecule has 0 radical (unpaired) electrons. The van der Waals surface area contributed by atoms with Crippen LogP contribution in [-0.4, -0.2) is 47.4 Å². The molecule has 458 valence electrons. The highest BCUT2D eigenvalue weighted by atomic mass is 16.5. The molecule has 0 aliphatic carbocycles. The highest BCUT2D eigenvalue weighted by Gasteiger charge is 2.18. The van der Waals surface area contributed by atoms with E-state index in [0.29, 0.717) is 19.4 Å². The molecule has 0 fully saturated rings. The summed E-state index contributed by atoms with van der Waals surface area (Å²) < 4.78 is 5.48. The minimum absolute atomic E-state index is 0.00151. The molecule has 0 bridgehead atoms. The number of hydrogen-bond acceptors (Lipinski definition) is 5. The number of carbonyl (C=O) groups is 2. The number of rotatable bonds is 65. The number of aliphatic hydroxyl groups is 2. The lowest BCUT2D eigenvalue weighted by Crippen LogP contribution is -2.45. The Morgan fingerprint density at radius 3 is 1.03 bits per heavy atom. The molecule has 0 heterocycles. The molecule has 6 heteroatoms. The van der Waals surface area contributed by atoms with Crippen molar-refractivity contribution in [1.29, 1.82) is 0 Å². The zero-order valence-corrected chi connectivity index (χ0v) is 52.4. The zero-order valence-electron chi connectivity index (χ0n) is 52.4. The van der Waals surface area contributed by atoms with Crippen LogP contribution in [0.1, 0.15) is 373 Å². The summed E-state index contributed by atoms with van der Waals surface area (Å²) in [5, 5.41) is 23.2. The molecule has 78 heavy (non-hydrogen) atoms. The summed E-state index contributed by atoms with van der Waals surface area (Å²) in [7, 11) is 0. The molecule has 0 aromatic rings. The van der Waals surface area contributed by atoms with E-state index >= 15 is 0 Å². The molecule has 0 saturated heterocycles. The standard InChI is InChI=1S/C72H135NO5/c1-3-5-7-9-11-13-15-17-19-20-34-37-40-44-48-52-56-60-64-70(75)69(68-74)73-71(76)65-61-57-53-49-45-41-38-35-32-30-28-26-24-22-21-23-25-27-29-31-33-36-39-43-47-51-55-59-63-67-78-72(77)66-62-58-54-50-46-42-18-16-14-12-10-8-6-4-2/h10,12,16,18,21,23,60,64,69-70,74-75H,3-9,11,13-15,17,19-20,22,24-59,61-63,65-68H2,1-2H3,(H,73,76)/b12-10-,18-16-,23-21-,64-60+. The fourth-order valence-corrected chi connectivity index (χ4v) is 10.7. The van der Waals surface area contributed by atoms with Crippen LogP contribution in [0.3, 0.4) is 0 Å². The number of amides is 1. The second kappa shape index (κ2) is 67.3. The van der Waals surface area contributed by atoms with Gasteiger partial charge in [0, 0.05) is 12.8 Å². The van der Waals surface area contributed by atoms with Gasteiger partial charge in [-0.15, -0.1) is 0 Å². The van der Waals surface area contributed by atoms with Crippen LogP contribution in [0, 0.1) is 0 Å². The lowest BCUT2D eigenvalue weighted by atomic mass is 10.0. The molecule has 0 saturated carbocycles. The Hall–Kier alpha value is -2.18. The molecule has 2 unspecified atom stereocenters. The van der Waals surface area contributed by atoms with E-state index in [1.165, 1.54) is 295 Å². The molecule has 0 aromatic carbocycles. The quantitative estimate of drug-likeness (QED) is 0.0320. The van der Waals surface area contributed by atoms with Crippen LogP contribution in [-0.2, 0) is 14.3 Å². The van der Waals surface area contributed by atoms with Crippen LogP contribution in [0.25, 0.3) is 0 Å². The van der Waals surface area contributed by atoms with E-state index in [9.17, 15) is 19.8 Å². The summed E-state index contributed by atoms with van der Waals surface area (Å²) in [5.74, 6) is -0.0632. The van der Waals surface area contributed by atoms with Gasteiger partial charge in [0.1, 0.15) is 0 Å². The van der Waals surface area contributed by atoms with Crippen LogP contribution < -0.4 is 5.32 Å². The summed E-state index contributed by atoms with van der Waals surface area (Å²) in [4.78, 5) is 24.6. The summed E-state index contributed by atoms with van der Waals surface area (Å²) in [6.45, 7) is 4.88. The highest BCUT2D eigenvalue weighted by molar-refractivity contribution is 5.76. The lowest BCUT2D eigenvalue weighted by Gasteiger charge is -2.20. The number of nitrogens with one attached hydrogen (secondary N) is 1. The van der Waals surface area contributed by atoms with Crippen molar-refractivity contribution in [3.05, 3.63) is 48.6 Å². The number of carbonyl (C=O) groups excluding carboxylic acids is 2. The van der Waals surface area contributed by atoms with Gasteiger partial charge in [-0.2, -0.15) is 0 Å². The summed E-state index contributed by atoms with van der Waals surface area (Å²) >= 11 is 0. The van der Waals surface area contributed by atoms with Crippen molar-refractivity contribution in [2.24, 2.45) is 0 Å². The largest absolute Gasteiger partial charge is 0.466 e. The van der Waals surface area contributed by atoms with Crippen molar-refractivity contribution < 1.29 is 24.5 Å². The third kappa shape index (κ3) is 63.0. The molecule has 0 aliphatic heterocycles. The van der Waals surface area contributed by atoms with Gasteiger partial charge in [0.2, 0.25) is 5.91 Å². The van der Waals surface area contributed by atoms with Gasteiger partial charge in [-0.25, -0.2) is 0 Å². The smallest absolute Gasteiger partial charge is 0.305 e. The van der Waals surface area contributed by atoms with Crippen LogP contribution in [0.4, 0.5) is 0 Å². The first-order valence-electron chi connectivity index (χ1n) is 34.9. The minimum Gasteiger partial charge on any atom is -0.466 e. The average Bonchev–Trinajstić information content (AvgIpc) is 3.44. The second-order valence-electron chi connectivity index (χ2n) is 23.9. The van der Waals surface area contributed by atoms with Crippen LogP contribution in [0.5, 0.6) is 0 Å². The maximum atomic E-state index is 12.5. The fourth-order valence-electron chi connectivity index (χ4n) is 10.7. The summed E-state index contributed by atoms with van der Waals surface area (Å²) in [6.07, 6.45) is 87.6. The fraction of sp³-hybridized carbons (Fsp3) is 0.861. The first kappa shape index (κ1) is 75.8. The van der Waals surface area contributed by atoms with E-state index < -0.39 is 12.1 Å². The van der Waals surface area contributed by atoms with E-state index in [2.05, 4.69) is 55.6 Å². The van der Waals surface area contributed by atoms with E-state index in [-0.39, 0.29) is 18.5 Å². The van der Waals surface area contributed by atoms with Crippen molar-refractivity contribution in [3.8, 4) is 0 Å². The van der Waals surface area contributed by atoms with E-state index in [1.54, 1.807) is 6.08 Å². The molecule has 1 amide bonds. The Labute approximate surface area is 486 Å². The monoisotopic (exact) mass is 1090 g/mol. The molecule has 6 nitrogen and oxygen atoms in total. The first-order valence-corrected chi connectivity index (χ1v) is 34.9. The second-order valence-corrected chi connectivity index (χ2v) is 23.9. The maximum Gasteiger partial charge on any atom is 0.305 e. The first-order chi connectivity index (χ1) is 38.5. The third-order valence-electron chi connectivity index (χ3n) is 16.1. The number of ether oxygens (including phenoxy) is 1. The van der Waals surface area contributed by atoms with E-state index in [0.717, 1.165) is 51.4 Å². The van der Waals surface area contributed by atoms with E-state index in [1.807, 2.05) is 6.08 Å². The van der Waals surface area contributed by atoms with Crippen molar-refractivity contribution in [1.82, 2.24) is 5.32 Å². The molecule has 3 N–H and O–H groups in total. The average molecular weight is 1090 g/mol. The zero-order chi connectivity index (χ0) is 56.4. The Morgan fingerprint density at radius 1 is 0.359 bits per heavy atom. The van der Waals surface area contributed by atoms with Crippen molar-refractivity contribution in [2.45, 2.75) is 386 Å². The molecular weight excluding hydrogens is 959 g/mol. The highest BCUT2D eigenvalue weighted by Crippen LogP contribution is 2.18. The molecular formula is C72H135NO5. The number of allylic oxidation sites excluding steroid dienone is 7. The minimum atomic E-state index is -0.845. The summed E-state index contributed by atoms with van der Waals surface area (Å²) in [6, 6.07) is -0.628. The molecule has 0 spiro atoms. The Balaban J connectivity index is 3.40. The molecule has 0 aromatic heterocycles. The van der Waals surface area contributed by atoms with Gasteiger partial charge in [-0.05, 0) is 83.5 Å². The number of esters is 1. The van der Waals surface area contributed by atoms with Gasteiger partial charge >= 0.3 is 5.97 Å². The van der Waals surface area contributed by atoms with Crippen LogP contribution in [0.2, 0.25) is 0 Å². The predicted molar refractivity (Wildman–Crippen MR) is 342 cm³/mol. The Bertz CT molecular complexity index is 1310. The normalized spacial score (nSPS) is 12.8. The van der Waals surface area contributed by atoms with Gasteiger partial charge < -0.3 is 20.3 Å². The topological polar surface area (TPSA) is 95.9 Å². The number of aliphatic hydroxyl groups excluding tert-OH is 2. The molecule has 0 aliphatic rings. The predicted octanol–water partition coefficient (Wildman–Crippen LogP) is 22.5. The van der Waals surface area contributed by atoms with Crippen molar-refractivity contribution in [3.63, 3.8) is 0 Å². The van der Waals surface area contributed by atoms with Crippen molar-refractivity contribution in [2.75, 3.05) is 13.2 Å². The SMILES string of the molecule is CCCC/C=C\C/C=C\CCCCCCCC(=O)OCCCCCCCCCCCCCC/C=C\CCCCCCCCCCCCCCCC(=O)NC(CO)C(O)/C=C/CCCCCCCCCCCCCCCCCC. The van der Waals surface area contributed by atoms with Crippen LogP contribution in [0.15, 0.2) is 48.6 Å². The molecule has 0 rings (SSSR count). The number of hydrogen-bond donors (Lipinski definition) is 3. The van der Waals surface area contributed by atoms with E-state index in [4.69, 9.17) is 4.74 Å². The van der Waals surface area contributed by atoms with Crippen molar-refractivity contribution >= 4 is 11.9 Å². The van der Waals surface area contributed by atoms with Gasteiger partial charge in [0.15, 0.2) is 0 Å². The third-order valence-corrected chi connectivity index (χ3v) is 16.1. The Kier molecular flexibility index (Phi) is 65.4. The lowest BCUT2D eigenvalue weighted by molar-refractivity contribution is -0.143. The summed E-state index contributed by atoms with van der Waals surface area (Å²) in [5.41, 5.74) is 0. The van der Waals surface area contributed by atoms with Crippen LogP contribution >= 0.6 is 0 Å². The maximum absolute atomic E-state index is 12.5. The van der Waals surface area contributed by atoms with Gasteiger partial charge in [0.25, 0.3) is 0 Å². The van der Waals surface area contributed by atoms with Gasteiger partial charge in [-0.3, -0.25) is 9.59 Å². The van der Waals surface area contributed by atoms with Gasteiger partial charge in [-0.1, -0.05) is 326 Å². The number of unbranched alkanes of at least 4 members (excludes halogenated alkanes) is 48. The molecule has 2 atom stereocenters.